The minimum Gasteiger partial charge on any atom is -0.321 e. The third-order valence-corrected chi connectivity index (χ3v) is 3.90. The molecule has 1 heterocycles. The SMILES string of the molecule is Cn1nc(C(=O)Nc2ccc(F)cc2)cc1NC(=O)c1ccccc1Cl. The summed E-state index contributed by atoms with van der Waals surface area (Å²) in [5.41, 5.74) is 0.850. The summed E-state index contributed by atoms with van der Waals surface area (Å²) in [6.45, 7) is 0. The Balaban J connectivity index is 1.74. The summed E-state index contributed by atoms with van der Waals surface area (Å²) < 4.78 is 14.3. The van der Waals surface area contributed by atoms with Gasteiger partial charge >= 0.3 is 0 Å². The molecule has 0 saturated carbocycles. The van der Waals surface area contributed by atoms with Crippen molar-refractivity contribution in [3.8, 4) is 0 Å². The number of aryl methyl sites for hydroxylation is 1. The maximum Gasteiger partial charge on any atom is 0.276 e. The molecule has 3 aromatic rings. The molecule has 0 aliphatic rings. The predicted molar refractivity (Wildman–Crippen MR) is 97.0 cm³/mol. The summed E-state index contributed by atoms with van der Waals surface area (Å²) in [4.78, 5) is 24.6. The van der Waals surface area contributed by atoms with Crippen LogP contribution in [0.25, 0.3) is 0 Å². The molecule has 0 bridgehead atoms. The van der Waals surface area contributed by atoms with E-state index in [1.54, 1.807) is 31.3 Å². The van der Waals surface area contributed by atoms with Gasteiger partial charge in [-0.3, -0.25) is 14.3 Å². The molecule has 132 valence electrons. The van der Waals surface area contributed by atoms with E-state index in [2.05, 4.69) is 15.7 Å². The monoisotopic (exact) mass is 372 g/mol. The number of hydrogen-bond donors (Lipinski definition) is 2. The molecular formula is C18H14ClFN4O2. The van der Waals surface area contributed by atoms with Crippen molar-refractivity contribution in [2.75, 3.05) is 10.6 Å². The van der Waals surface area contributed by atoms with Crippen molar-refractivity contribution in [1.82, 2.24) is 9.78 Å². The van der Waals surface area contributed by atoms with E-state index in [1.807, 2.05) is 0 Å². The maximum absolute atomic E-state index is 12.9. The molecule has 26 heavy (non-hydrogen) atoms. The third kappa shape index (κ3) is 3.89. The fraction of sp³-hybridized carbons (Fsp3) is 0.0556. The molecule has 2 N–H and O–H groups in total. The lowest BCUT2D eigenvalue weighted by Gasteiger charge is -2.06. The summed E-state index contributed by atoms with van der Waals surface area (Å²) in [5.74, 6) is -0.959. The lowest BCUT2D eigenvalue weighted by Crippen LogP contribution is -2.14. The summed E-state index contributed by atoms with van der Waals surface area (Å²) >= 11 is 6.01. The van der Waals surface area contributed by atoms with Crippen molar-refractivity contribution in [3.05, 3.63) is 76.7 Å². The first-order valence-electron chi connectivity index (χ1n) is 7.61. The molecule has 0 aliphatic heterocycles. The topological polar surface area (TPSA) is 76.0 Å². The number of hydrogen-bond acceptors (Lipinski definition) is 3. The van der Waals surface area contributed by atoms with Crippen molar-refractivity contribution in [2.24, 2.45) is 7.05 Å². The minimum atomic E-state index is -0.481. The highest BCUT2D eigenvalue weighted by Gasteiger charge is 2.16. The van der Waals surface area contributed by atoms with Crippen molar-refractivity contribution in [1.29, 1.82) is 0 Å². The second kappa shape index (κ2) is 7.37. The van der Waals surface area contributed by atoms with E-state index in [4.69, 9.17) is 11.6 Å². The van der Waals surface area contributed by atoms with Gasteiger partial charge in [0.1, 0.15) is 11.6 Å². The molecule has 0 aliphatic carbocycles. The second-order valence-corrected chi connectivity index (χ2v) is 5.84. The largest absolute Gasteiger partial charge is 0.321 e. The molecule has 8 heteroatoms. The molecule has 1 aromatic heterocycles. The zero-order valence-electron chi connectivity index (χ0n) is 13.7. The molecule has 6 nitrogen and oxygen atoms in total. The number of nitrogens with one attached hydrogen (secondary N) is 2. The molecular weight excluding hydrogens is 359 g/mol. The summed E-state index contributed by atoms with van der Waals surface area (Å²) in [5, 5.41) is 9.66. The zero-order chi connectivity index (χ0) is 18.7. The van der Waals surface area contributed by atoms with Gasteiger partial charge in [0.2, 0.25) is 0 Å². The van der Waals surface area contributed by atoms with Crippen molar-refractivity contribution < 1.29 is 14.0 Å². The van der Waals surface area contributed by atoms with Crippen LogP contribution in [-0.2, 0) is 7.05 Å². The average Bonchev–Trinajstić information content (AvgIpc) is 2.98. The highest BCUT2D eigenvalue weighted by Crippen LogP contribution is 2.18. The number of aromatic nitrogens is 2. The van der Waals surface area contributed by atoms with Crippen LogP contribution in [0.4, 0.5) is 15.9 Å². The number of carbonyl (C=O) groups excluding carboxylic acids is 2. The first kappa shape index (κ1) is 17.6. The van der Waals surface area contributed by atoms with Crippen LogP contribution in [0.15, 0.2) is 54.6 Å². The van der Waals surface area contributed by atoms with Crippen molar-refractivity contribution >= 4 is 34.9 Å². The van der Waals surface area contributed by atoms with Crippen LogP contribution in [0.1, 0.15) is 20.8 Å². The molecule has 0 saturated heterocycles. The number of amides is 2. The molecule has 0 fully saturated rings. The van der Waals surface area contributed by atoms with Crippen LogP contribution in [0.3, 0.4) is 0 Å². The van der Waals surface area contributed by atoms with Crippen LogP contribution in [-0.4, -0.2) is 21.6 Å². The Hall–Kier alpha value is -3.19. The van der Waals surface area contributed by atoms with Gasteiger partial charge in [-0.1, -0.05) is 23.7 Å². The Morgan fingerprint density at radius 1 is 1.04 bits per heavy atom. The quantitative estimate of drug-likeness (QED) is 0.732. The Kier molecular flexibility index (Phi) is 4.99. The van der Waals surface area contributed by atoms with E-state index >= 15 is 0 Å². The zero-order valence-corrected chi connectivity index (χ0v) is 14.4. The Morgan fingerprint density at radius 2 is 1.73 bits per heavy atom. The number of nitrogens with zero attached hydrogens (tertiary/aromatic N) is 2. The second-order valence-electron chi connectivity index (χ2n) is 5.43. The first-order chi connectivity index (χ1) is 12.4. The van der Waals surface area contributed by atoms with Gasteiger partial charge in [0, 0.05) is 18.8 Å². The minimum absolute atomic E-state index is 0.103. The molecule has 2 amide bonds. The molecule has 0 atom stereocenters. The fourth-order valence-electron chi connectivity index (χ4n) is 2.25. The molecule has 0 unspecified atom stereocenters. The standard InChI is InChI=1S/C18H14ClFN4O2/c1-24-16(22-17(25)13-4-2-3-5-14(13)19)10-15(23-24)18(26)21-12-8-6-11(20)7-9-12/h2-10H,1H3,(H,21,26)(H,22,25). The van der Waals surface area contributed by atoms with Crippen molar-refractivity contribution in [3.63, 3.8) is 0 Å². The fourth-order valence-corrected chi connectivity index (χ4v) is 2.47. The number of rotatable bonds is 4. The van der Waals surface area contributed by atoms with Crippen LogP contribution >= 0.6 is 11.6 Å². The van der Waals surface area contributed by atoms with Gasteiger partial charge in [0.15, 0.2) is 5.69 Å². The Bertz CT molecular complexity index is 970. The van der Waals surface area contributed by atoms with E-state index in [0.717, 1.165) is 0 Å². The van der Waals surface area contributed by atoms with E-state index in [1.165, 1.54) is 35.0 Å². The van der Waals surface area contributed by atoms with Crippen LogP contribution in [0.2, 0.25) is 5.02 Å². The first-order valence-corrected chi connectivity index (χ1v) is 7.98. The highest BCUT2D eigenvalue weighted by atomic mass is 35.5. The normalized spacial score (nSPS) is 10.4. The summed E-state index contributed by atoms with van der Waals surface area (Å²) in [6.07, 6.45) is 0. The molecule has 0 radical (unpaired) electrons. The van der Waals surface area contributed by atoms with Crippen LogP contribution in [0.5, 0.6) is 0 Å². The maximum atomic E-state index is 12.9. The van der Waals surface area contributed by atoms with E-state index in [0.29, 0.717) is 22.1 Å². The van der Waals surface area contributed by atoms with E-state index in [-0.39, 0.29) is 5.69 Å². The number of benzene rings is 2. The Morgan fingerprint density at radius 3 is 2.42 bits per heavy atom. The number of carbonyl (C=O) groups is 2. The van der Waals surface area contributed by atoms with Crippen LogP contribution in [0, 0.1) is 5.82 Å². The summed E-state index contributed by atoms with van der Waals surface area (Å²) in [7, 11) is 1.59. The third-order valence-electron chi connectivity index (χ3n) is 3.57. The van der Waals surface area contributed by atoms with Gasteiger partial charge in [-0.25, -0.2) is 4.39 Å². The smallest absolute Gasteiger partial charge is 0.276 e. The average molecular weight is 373 g/mol. The lowest BCUT2D eigenvalue weighted by atomic mass is 10.2. The predicted octanol–water partition coefficient (Wildman–Crippen LogP) is 3.72. The highest BCUT2D eigenvalue weighted by molar-refractivity contribution is 6.34. The molecule has 2 aromatic carbocycles. The molecule has 0 spiro atoms. The molecule has 3 rings (SSSR count). The van der Waals surface area contributed by atoms with Crippen LogP contribution < -0.4 is 10.6 Å². The van der Waals surface area contributed by atoms with Gasteiger partial charge in [0.05, 0.1) is 10.6 Å². The number of halogens is 2. The van der Waals surface area contributed by atoms with E-state index < -0.39 is 17.6 Å². The summed E-state index contributed by atoms with van der Waals surface area (Å²) in [6, 6.07) is 13.4. The Labute approximate surface area is 153 Å². The van der Waals surface area contributed by atoms with Crippen molar-refractivity contribution in [2.45, 2.75) is 0 Å². The lowest BCUT2D eigenvalue weighted by molar-refractivity contribution is 0.101. The van der Waals surface area contributed by atoms with E-state index in [9.17, 15) is 14.0 Å². The van der Waals surface area contributed by atoms with Gasteiger partial charge in [-0.15, -0.1) is 0 Å². The number of anilines is 2. The van der Waals surface area contributed by atoms with Gasteiger partial charge in [-0.05, 0) is 36.4 Å². The van der Waals surface area contributed by atoms with Gasteiger partial charge in [0.25, 0.3) is 11.8 Å². The van der Waals surface area contributed by atoms with Gasteiger partial charge in [-0.2, -0.15) is 5.10 Å². The van der Waals surface area contributed by atoms with Gasteiger partial charge < -0.3 is 10.6 Å².